The smallest absolute Gasteiger partial charge is 0.122 e. The van der Waals surface area contributed by atoms with Gasteiger partial charge in [-0.1, -0.05) is 36.0 Å². The molecule has 1 radical (unpaired) electrons. The van der Waals surface area contributed by atoms with Gasteiger partial charge in [0.15, 0.2) is 7.42 Å². The van der Waals surface area contributed by atoms with Crippen LogP contribution in [0, 0.1) is 0 Å². The highest BCUT2D eigenvalue weighted by atomic mass is 79.9. The molecule has 0 fully saturated rings. The Balaban J connectivity index is 2.57. The Labute approximate surface area is 77.1 Å². The third-order valence-corrected chi connectivity index (χ3v) is 4.44. The lowest BCUT2D eigenvalue weighted by atomic mass is 10.2. The Morgan fingerprint density at radius 3 is 2.55 bits per heavy atom. The van der Waals surface area contributed by atoms with Gasteiger partial charge in [-0.2, -0.15) is 0 Å². The van der Waals surface area contributed by atoms with Crippen molar-refractivity contribution in [1.29, 1.82) is 0 Å². The molecule has 0 nitrogen and oxygen atoms in total. The van der Waals surface area contributed by atoms with Crippen molar-refractivity contribution in [2.24, 2.45) is 0 Å². The molecule has 0 saturated carbocycles. The predicted octanol–water partition coefficient (Wildman–Crippen LogP) is 2.88. The molecule has 0 atom stereocenters. The highest BCUT2D eigenvalue weighted by Crippen LogP contribution is 2.06. The fraction of sp³-hybridized carbons (Fsp3) is 0.111. The second-order valence-corrected chi connectivity index (χ2v) is 7.02. The fourth-order valence-corrected chi connectivity index (χ4v) is 2.60. The zero-order valence-electron chi connectivity index (χ0n) is 6.26. The van der Waals surface area contributed by atoms with E-state index < -0.39 is 7.42 Å². The van der Waals surface area contributed by atoms with Crippen LogP contribution in [0.5, 0.6) is 0 Å². The molecule has 2 heteroatoms. The average Bonchev–Trinajstić information content (AvgIpc) is 2.06. The molecule has 0 saturated heterocycles. The van der Waals surface area contributed by atoms with Crippen molar-refractivity contribution in [3.05, 3.63) is 48.2 Å². The van der Waals surface area contributed by atoms with E-state index in [-0.39, 0.29) is 0 Å². The van der Waals surface area contributed by atoms with Gasteiger partial charge in [0.1, 0.15) is 0 Å². The van der Waals surface area contributed by atoms with Crippen LogP contribution in [-0.2, 0) is 6.04 Å². The van der Waals surface area contributed by atoms with Gasteiger partial charge in [0.2, 0.25) is 0 Å². The quantitative estimate of drug-likeness (QED) is 0.549. The van der Waals surface area contributed by atoms with E-state index >= 15 is 0 Å². The van der Waals surface area contributed by atoms with Crippen LogP contribution in [0.4, 0.5) is 0 Å². The molecule has 0 heterocycles. The summed E-state index contributed by atoms with van der Waals surface area (Å²) in [6, 6.07) is 11.6. The van der Waals surface area contributed by atoms with Crippen molar-refractivity contribution in [1.82, 2.24) is 0 Å². The zero-order valence-corrected chi connectivity index (χ0v) is 8.84. The van der Waals surface area contributed by atoms with Gasteiger partial charge in [-0.05, 0) is 11.6 Å². The van der Waals surface area contributed by atoms with Crippen LogP contribution in [0.2, 0.25) is 0 Å². The standard InChI is InChI=1S/C9H10BrSi/c1-2-11(10)8-9-6-4-3-5-7-9/h2-7H,1,8H2. The summed E-state index contributed by atoms with van der Waals surface area (Å²) < 4.78 is 0. The molecule has 57 valence electrons. The van der Waals surface area contributed by atoms with E-state index in [0.29, 0.717) is 0 Å². The Morgan fingerprint density at radius 1 is 1.36 bits per heavy atom. The minimum absolute atomic E-state index is 0.505. The highest BCUT2D eigenvalue weighted by molar-refractivity contribution is 9.24. The van der Waals surface area contributed by atoms with E-state index in [1.54, 1.807) is 0 Å². The van der Waals surface area contributed by atoms with Crippen LogP contribution in [0.1, 0.15) is 5.56 Å². The summed E-state index contributed by atoms with van der Waals surface area (Å²) in [6.07, 6.45) is 0. The van der Waals surface area contributed by atoms with Crippen LogP contribution < -0.4 is 0 Å². The highest BCUT2D eigenvalue weighted by Gasteiger charge is 2.01. The first-order valence-electron chi connectivity index (χ1n) is 3.50. The molecule has 0 N–H and O–H groups in total. The van der Waals surface area contributed by atoms with Gasteiger partial charge in [-0.15, -0.1) is 21.9 Å². The van der Waals surface area contributed by atoms with Crippen molar-refractivity contribution in [2.75, 3.05) is 0 Å². The second kappa shape index (κ2) is 4.52. The fourth-order valence-electron chi connectivity index (χ4n) is 0.863. The first kappa shape index (κ1) is 8.75. The lowest BCUT2D eigenvalue weighted by Crippen LogP contribution is -2.03. The van der Waals surface area contributed by atoms with E-state index in [4.69, 9.17) is 0 Å². The van der Waals surface area contributed by atoms with Gasteiger partial charge in [-0.3, -0.25) is 0 Å². The molecule has 0 aromatic heterocycles. The molecule has 0 spiro atoms. The second-order valence-electron chi connectivity index (χ2n) is 2.31. The number of hydrogen-bond donors (Lipinski definition) is 0. The SMILES string of the molecule is C=C[Si](Br)Cc1ccccc1. The van der Waals surface area contributed by atoms with Crippen molar-refractivity contribution < 1.29 is 0 Å². The molecule has 0 aliphatic carbocycles. The Kier molecular flexibility index (Phi) is 3.59. The van der Waals surface area contributed by atoms with Crippen molar-refractivity contribution in [3.8, 4) is 0 Å². The van der Waals surface area contributed by atoms with Crippen molar-refractivity contribution in [3.63, 3.8) is 0 Å². The summed E-state index contributed by atoms with van der Waals surface area (Å²) >= 11 is 3.60. The zero-order chi connectivity index (χ0) is 8.10. The number of benzene rings is 1. The summed E-state index contributed by atoms with van der Waals surface area (Å²) in [4.78, 5) is 0. The van der Waals surface area contributed by atoms with Gasteiger partial charge in [0, 0.05) is 0 Å². The molecule has 0 amide bonds. The van der Waals surface area contributed by atoms with Crippen LogP contribution in [-0.4, -0.2) is 7.42 Å². The average molecular weight is 226 g/mol. The molecule has 0 unspecified atom stereocenters. The van der Waals surface area contributed by atoms with Gasteiger partial charge in [-0.25, -0.2) is 0 Å². The van der Waals surface area contributed by atoms with Crippen LogP contribution >= 0.6 is 15.3 Å². The predicted molar refractivity (Wildman–Crippen MR) is 55.0 cm³/mol. The molecule has 1 aromatic carbocycles. The maximum atomic E-state index is 3.76. The topological polar surface area (TPSA) is 0 Å². The minimum Gasteiger partial charge on any atom is -0.122 e. The Bertz CT molecular complexity index is 220. The number of hydrogen-bond acceptors (Lipinski definition) is 0. The van der Waals surface area contributed by atoms with E-state index in [2.05, 4.69) is 46.1 Å². The van der Waals surface area contributed by atoms with Crippen molar-refractivity contribution in [2.45, 2.75) is 6.04 Å². The van der Waals surface area contributed by atoms with Crippen LogP contribution in [0.25, 0.3) is 0 Å². The maximum Gasteiger partial charge on any atom is 0.165 e. The van der Waals surface area contributed by atoms with E-state index in [0.717, 1.165) is 6.04 Å². The first-order valence-corrected chi connectivity index (χ1v) is 7.55. The minimum atomic E-state index is -0.505. The normalized spacial score (nSPS) is 10.0. The molecule has 1 aromatic rings. The van der Waals surface area contributed by atoms with E-state index in [9.17, 15) is 0 Å². The summed E-state index contributed by atoms with van der Waals surface area (Å²) in [5, 5.41) is 0. The molecule has 1 rings (SSSR count). The van der Waals surface area contributed by atoms with Gasteiger partial charge in [0.05, 0.1) is 0 Å². The molecule has 0 aliphatic heterocycles. The molecule has 11 heavy (non-hydrogen) atoms. The first-order chi connectivity index (χ1) is 5.33. The molecular formula is C9H10BrSi. The summed E-state index contributed by atoms with van der Waals surface area (Å²) in [6.45, 7) is 3.76. The third kappa shape index (κ3) is 3.04. The van der Waals surface area contributed by atoms with E-state index in [1.807, 2.05) is 11.8 Å². The van der Waals surface area contributed by atoms with Gasteiger partial charge >= 0.3 is 0 Å². The molecule has 0 aliphatic rings. The lowest BCUT2D eigenvalue weighted by molar-refractivity contribution is 1.39. The summed E-state index contributed by atoms with van der Waals surface area (Å²) in [7, 11) is -0.505. The summed E-state index contributed by atoms with van der Waals surface area (Å²) in [5.74, 6) is 0. The maximum absolute atomic E-state index is 3.76. The molecule has 0 bridgehead atoms. The Hall–Kier alpha value is -0.343. The van der Waals surface area contributed by atoms with Crippen molar-refractivity contribution >= 4 is 22.7 Å². The van der Waals surface area contributed by atoms with Gasteiger partial charge in [0.25, 0.3) is 0 Å². The van der Waals surface area contributed by atoms with Crippen LogP contribution in [0.15, 0.2) is 42.6 Å². The van der Waals surface area contributed by atoms with Gasteiger partial charge < -0.3 is 0 Å². The largest absolute Gasteiger partial charge is 0.165 e. The molecular weight excluding hydrogens is 216 g/mol. The number of halogens is 1. The third-order valence-electron chi connectivity index (χ3n) is 1.44. The lowest BCUT2D eigenvalue weighted by Gasteiger charge is -2.00. The number of rotatable bonds is 3. The summed E-state index contributed by atoms with van der Waals surface area (Å²) in [5.41, 5.74) is 3.40. The van der Waals surface area contributed by atoms with E-state index in [1.165, 1.54) is 5.56 Å². The van der Waals surface area contributed by atoms with Crippen LogP contribution in [0.3, 0.4) is 0 Å². The Morgan fingerprint density at radius 2 is 2.00 bits per heavy atom. The monoisotopic (exact) mass is 225 g/mol.